The fraction of sp³-hybridized carbons (Fsp3) is 0.105. The lowest BCUT2D eigenvalue weighted by Gasteiger charge is -2.27. The molecule has 5 nitrogen and oxygen atoms in total. The Morgan fingerprint density at radius 2 is 1.88 bits per heavy atom. The number of nitrogens with two attached hydrogens (primary N) is 3. The molecule has 1 heterocycles. The Labute approximate surface area is 142 Å². The zero-order chi connectivity index (χ0) is 17.5. The van der Waals surface area contributed by atoms with Gasteiger partial charge in [0.25, 0.3) is 0 Å². The van der Waals surface area contributed by atoms with Crippen molar-refractivity contribution < 1.29 is 0 Å². The number of benzene rings is 1. The van der Waals surface area contributed by atoms with Gasteiger partial charge in [0.05, 0.1) is 22.8 Å². The number of pyridine rings is 1. The van der Waals surface area contributed by atoms with Crippen LogP contribution in [0.2, 0.25) is 0 Å². The lowest BCUT2D eigenvalue weighted by atomic mass is 10.1. The van der Waals surface area contributed by atoms with Crippen LogP contribution >= 0.6 is 0 Å². The number of aromatic nitrogens is 1. The molecule has 0 aliphatic carbocycles. The molecule has 0 spiro atoms. The van der Waals surface area contributed by atoms with Crippen LogP contribution in [0.3, 0.4) is 0 Å². The third kappa shape index (κ3) is 3.90. The molecule has 1 aromatic heterocycles. The molecule has 1 unspecified atom stereocenters. The Bertz CT molecular complexity index is 749. The maximum atomic E-state index is 6.29. The van der Waals surface area contributed by atoms with E-state index in [-0.39, 0.29) is 0 Å². The van der Waals surface area contributed by atoms with Crippen molar-refractivity contribution in [2.75, 3.05) is 0 Å². The van der Waals surface area contributed by atoms with Gasteiger partial charge >= 0.3 is 0 Å². The number of allylic oxidation sites excluding steroid dienone is 3. The summed E-state index contributed by atoms with van der Waals surface area (Å²) in [5.41, 5.74) is 15.8. The van der Waals surface area contributed by atoms with Crippen LogP contribution in [-0.4, -0.2) is 9.99 Å². The smallest absolute Gasteiger partial charge is 0.135 e. The van der Waals surface area contributed by atoms with Gasteiger partial charge in [-0.3, -0.25) is 5.01 Å². The Balaban J connectivity index is 2.36. The van der Waals surface area contributed by atoms with Crippen molar-refractivity contribution in [3.05, 3.63) is 90.4 Å². The number of hydrazine groups is 1. The highest BCUT2D eigenvalue weighted by atomic mass is 15.5. The highest BCUT2D eigenvalue weighted by molar-refractivity contribution is 5.58. The van der Waals surface area contributed by atoms with Gasteiger partial charge in [0, 0.05) is 5.56 Å². The van der Waals surface area contributed by atoms with Crippen LogP contribution in [0.4, 0.5) is 0 Å². The second-order valence-electron chi connectivity index (χ2n) is 5.21. The molecule has 0 saturated heterocycles. The fourth-order valence-electron chi connectivity index (χ4n) is 2.27. The second-order valence-corrected chi connectivity index (χ2v) is 5.21. The SMILES string of the molecule is C=C/C(N)=C(\C=C/C)N(N)C(N)c1cccc(-c2ccccc2)n1. The molecule has 5 heteroatoms. The summed E-state index contributed by atoms with van der Waals surface area (Å²) in [6.07, 6.45) is 4.53. The summed E-state index contributed by atoms with van der Waals surface area (Å²) in [5.74, 6) is 6.18. The van der Waals surface area contributed by atoms with Crippen molar-refractivity contribution in [3.8, 4) is 11.3 Å². The Hall–Kier alpha value is -2.89. The van der Waals surface area contributed by atoms with Gasteiger partial charge < -0.3 is 11.5 Å². The van der Waals surface area contributed by atoms with E-state index in [1.165, 1.54) is 11.1 Å². The summed E-state index contributed by atoms with van der Waals surface area (Å²) in [6.45, 7) is 5.56. The lowest BCUT2D eigenvalue weighted by molar-refractivity contribution is 0.270. The van der Waals surface area contributed by atoms with Crippen molar-refractivity contribution in [1.29, 1.82) is 0 Å². The van der Waals surface area contributed by atoms with Gasteiger partial charge in [0.15, 0.2) is 0 Å². The summed E-state index contributed by atoms with van der Waals surface area (Å²) in [4.78, 5) is 4.63. The third-order valence-corrected chi connectivity index (χ3v) is 3.56. The maximum absolute atomic E-state index is 6.29. The average molecular weight is 321 g/mol. The Morgan fingerprint density at radius 3 is 2.50 bits per heavy atom. The predicted octanol–water partition coefficient (Wildman–Crippen LogP) is 2.81. The van der Waals surface area contributed by atoms with Crippen LogP contribution in [-0.2, 0) is 0 Å². The van der Waals surface area contributed by atoms with E-state index in [0.29, 0.717) is 17.1 Å². The Morgan fingerprint density at radius 1 is 1.17 bits per heavy atom. The number of nitrogens with zero attached hydrogens (tertiary/aromatic N) is 2. The van der Waals surface area contributed by atoms with E-state index in [0.717, 1.165) is 11.3 Å². The van der Waals surface area contributed by atoms with E-state index in [9.17, 15) is 0 Å². The van der Waals surface area contributed by atoms with Crippen LogP contribution < -0.4 is 17.3 Å². The third-order valence-electron chi connectivity index (χ3n) is 3.56. The van der Waals surface area contributed by atoms with Crippen molar-refractivity contribution in [2.45, 2.75) is 13.1 Å². The van der Waals surface area contributed by atoms with Gasteiger partial charge in [0.1, 0.15) is 6.17 Å². The highest BCUT2D eigenvalue weighted by Crippen LogP contribution is 2.21. The van der Waals surface area contributed by atoms with Crippen LogP contribution in [0.25, 0.3) is 11.3 Å². The molecule has 2 rings (SSSR count). The molecule has 24 heavy (non-hydrogen) atoms. The summed E-state index contributed by atoms with van der Waals surface area (Å²) >= 11 is 0. The molecule has 0 fully saturated rings. The largest absolute Gasteiger partial charge is 0.397 e. The van der Waals surface area contributed by atoms with Gasteiger partial charge in [-0.05, 0) is 31.2 Å². The minimum Gasteiger partial charge on any atom is -0.397 e. The minimum absolute atomic E-state index is 0.449. The highest BCUT2D eigenvalue weighted by Gasteiger charge is 2.17. The standard InChI is InChI=1S/C19H23N5/c1-3-9-18(15(20)4-2)24(22)19(21)17-13-8-12-16(23-17)14-10-6-5-7-11-14/h3-13,19H,2,20-22H2,1H3/b9-3-,18-15-. The molecule has 0 bridgehead atoms. The quantitative estimate of drug-likeness (QED) is 0.329. The van der Waals surface area contributed by atoms with Crippen LogP contribution in [0.5, 0.6) is 0 Å². The number of rotatable bonds is 6. The molecule has 2 aromatic rings. The van der Waals surface area contributed by atoms with Crippen LogP contribution in [0, 0.1) is 0 Å². The van der Waals surface area contributed by atoms with Crippen molar-refractivity contribution in [3.63, 3.8) is 0 Å². The second kappa shape index (κ2) is 8.10. The van der Waals surface area contributed by atoms with Crippen molar-refractivity contribution in [2.24, 2.45) is 17.3 Å². The number of hydrogen-bond donors (Lipinski definition) is 3. The van der Waals surface area contributed by atoms with E-state index in [1.54, 1.807) is 6.08 Å². The van der Waals surface area contributed by atoms with Gasteiger partial charge in [0.2, 0.25) is 0 Å². The summed E-state index contributed by atoms with van der Waals surface area (Å²) in [6, 6.07) is 15.6. The van der Waals surface area contributed by atoms with Crippen LogP contribution in [0.15, 0.2) is 84.7 Å². The summed E-state index contributed by atoms with van der Waals surface area (Å²) in [7, 11) is 0. The van der Waals surface area contributed by atoms with E-state index >= 15 is 0 Å². The summed E-state index contributed by atoms with van der Waals surface area (Å²) in [5, 5.41) is 1.40. The molecule has 1 atom stereocenters. The van der Waals surface area contributed by atoms with Crippen molar-refractivity contribution in [1.82, 2.24) is 9.99 Å². The molecule has 1 aromatic carbocycles. The monoisotopic (exact) mass is 321 g/mol. The van der Waals surface area contributed by atoms with Crippen molar-refractivity contribution >= 4 is 0 Å². The normalized spacial score (nSPS) is 13.5. The van der Waals surface area contributed by atoms with Gasteiger partial charge in [-0.15, -0.1) is 0 Å². The van der Waals surface area contributed by atoms with Crippen LogP contribution in [0.1, 0.15) is 18.8 Å². The molecule has 0 saturated carbocycles. The van der Waals surface area contributed by atoms with E-state index in [1.807, 2.05) is 61.5 Å². The number of hydrogen-bond acceptors (Lipinski definition) is 5. The molecular formula is C19H23N5. The first-order valence-electron chi connectivity index (χ1n) is 7.65. The Kier molecular flexibility index (Phi) is 5.89. The van der Waals surface area contributed by atoms with Gasteiger partial charge in [-0.25, -0.2) is 10.8 Å². The molecule has 124 valence electrons. The lowest BCUT2D eigenvalue weighted by Crippen LogP contribution is -2.40. The molecular weight excluding hydrogens is 298 g/mol. The zero-order valence-corrected chi connectivity index (χ0v) is 13.8. The molecule has 0 amide bonds. The fourth-order valence-corrected chi connectivity index (χ4v) is 2.27. The zero-order valence-electron chi connectivity index (χ0n) is 13.8. The average Bonchev–Trinajstić information content (AvgIpc) is 2.65. The minimum atomic E-state index is -0.640. The molecule has 0 aliphatic rings. The first kappa shape index (κ1) is 17.5. The van der Waals surface area contributed by atoms with Gasteiger partial charge in [-0.2, -0.15) is 0 Å². The first-order valence-corrected chi connectivity index (χ1v) is 7.65. The molecule has 0 radical (unpaired) electrons. The topological polar surface area (TPSA) is 94.2 Å². The molecule has 6 N–H and O–H groups in total. The summed E-state index contributed by atoms with van der Waals surface area (Å²) < 4.78 is 0. The van der Waals surface area contributed by atoms with Gasteiger partial charge in [-0.1, -0.05) is 49.1 Å². The maximum Gasteiger partial charge on any atom is 0.135 e. The van der Waals surface area contributed by atoms with E-state index in [4.69, 9.17) is 17.3 Å². The molecule has 0 aliphatic heterocycles. The van der Waals surface area contributed by atoms with E-state index < -0.39 is 6.17 Å². The predicted molar refractivity (Wildman–Crippen MR) is 98.9 cm³/mol. The van der Waals surface area contributed by atoms with E-state index in [2.05, 4.69) is 11.6 Å². The first-order chi connectivity index (χ1) is 11.6.